The molecule has 244 valence electrons. The molecule has 0 saturated carbocycles. The van der Waals surface area contributed by atoms with Crippen LogP contribution in [0.2, 0.25) is 0 Å². The van der Waals surface area contributed by atoms with Gasteiger partial charge in [0.1, 0.15) is 6.15 Å². The molecule has 2 aromatic carbocycles. The van der Waals surface area contributed by atoms with E-state index in [0.717, 1.165) is 0 Å². The van der Waals surface area contributed by atoms with E-state index in [0.29, 0.717) is 23.7 Å². The van der Waals surface area contributed by atoms with Gasteiger partial charge in [0.2, 0.25) is 0 Å². The van der Waals surface area contributed by atoms with Crippen molar-refractivity contribution < 1.29 is 18.9 Å². The minimum absolute atomic E-state index is 0. The fourth-order valence-electron chi connectivity index (χ4n) is 10.4. The van der Waals surface area contributed by atoms with E-state index < -0.39 is 6.15 Å². The van der Waals surface area contributed by atoms with Crippen molar-refractivity contribution in [3.8, 4) is 0 Å². The Labute approximate surface area is 296 Å². The molecule has 2 aliphatic carbocycles. The fraction of sp³-hybridized carbons (Fsp3) is 0.545. The minimum atomic E-state index is -1.51. The predicted octanol–water partition coefficient (Wildman–Crippen LogP) is 8.29. The fourth-order valence-corrected chi connectivity index (χ4v) is 10.4. The Kier molecular flexibility index (Phi) is 11.0. The number of hydrogen-bond acceptors (Lipinski definition) is 0. The van der Waals surface area contributed by atoms with Crippen molar-refractivity contribution >= 4 is 17.1 Å². The smallest absolute Gasteiger partial charge is 0.211 e. The van der Waals surface area contributed by atoms with Gasteiger partial charge in [-0.15, -0.1) is 0 Å². The molecule has 0 nitrogen and oxygen atoms in total. The predicted molar refractivity (Wildman–Crippen MR) is 204 cm³/mol. The van der Waals surface area contributed by atoms with Crippen molar-refractivity contribution in [1.82, 2.24) is 0 Å². The van der Waals surface area contributed by atoms with Crippen molar-refractivity contribution in [2.75, 3.05) is 0 Å². The van der Waals surface area contributed by atoms with E-state index in [1.165, 1.54) is 77.9 Å². The molecule has 0 aromatic heterocycles. The van der Waals surface area contributed by atoms with Gasteiger partial charge in [-0.3, -0.25) is 0 Å². The Bertz CT molecular complexity index is 1560. The standard InChI is InChI=1S/C44H64B.Li/c1-21-25(5)33(13)41(34(14)26(21)6)45(42-35(15)27(7)22(2)28(8)36(42)16,43-37(17)29(9)23(3)30(10)38(43)18)44-39(19)31(11)24(4)32(12)40(44)20;/h25,27,33,35H,1-20H3;/q-1;+1. The number of allylic oxidation sites excluding steroid dienone is 8. The molecule has 4 atom stereocenters. The topological polar surface area (TPSA) is 0 Å². The maximum atomic E-state index is 2.56. The second-order valence-corrected chi connectivity index (χ2v) is 15.9. The molecule has 0 bridgehead atoms. The molecule has 0 N–H and O–H groups in total. The molecule has 0 spiro atoms. The summed E-state index contributed by atoms with van der Waals surface area (Å²) in [6, 6.07) is 0. The second-order valence-electron chi connectivity index (χ2n) is 15.9. The Hall–Kier alpha value is -1.94. The number of hydrogen-bond donors (Lipinski definition) is 0. The average molecular weight is 611 g/mol. The molecular weight excluding hydrogens is 546 g/mol. The van der Waals surface area contributed by atoms with Gasteiger partial charge < -0.3 is 0 Å². The van der Waals surface area contributed by atoms with Gasteiger partial charge in [-0.2, -0.15) is 10.9 Å². The van der Waals surface area contributed by atoms with Crippen molar-refractivity contribution in [3.05, 3.63) is 100 Å². The first kappa shape index (κ1) is 38.5. The van der Waals surface area contributed by atoms with Crippen LogP contribution in [0.15, 0.2) is 44.4 Å². The zero-order chi connectivity index (χ0) is 34.4. The van der Waals surface area contributed by atoms with Crippen LogP contribution in [0.1, 0.15) is 125 Å². The molecule has 0 fully saturated rings. The van der Waals surface area contributed by atoms with Gasteiger partial charge in [0.25, 0.3) is 0 Å². The second kappa shape index (κ2) is 13.2. The van der Waals surface area contributed by atoms with E-state index in [9.17, 15) is 0 Å². The van der Waals surface area contributed by atoms with Crippen molar-refractivity contribution in [3.63, 3.8) is 0 Å². The summed E-state index contributed by atoms with van der Waals surface area (Å²) >= 11 is 0. The van der Waals surface area contributed by atoms with Crippen LogP contribution in [0.5, 0.6) is 0 Å². The molecule has 46 heavy (non-hydrogen) atoms. The Morgan fingerprint density at radius 3 is 0.761 bits per heavy atom. The molecule has 0 aliphatic heterocycles. The Morgan fingerprint density at radius 2 is 0.522 bits per heavy atom. The van der Waals surface area contributed by atoms with Gasteiger partial charge in [0.05, 0.1) is 0 Å². The number of benzene rings is 2. The van der Waals surface area contributed by atoms with Crippen LogP contribution in [-0.2, 0) is 0 Å². The van der Waals surface area contributed by atoms with Crippen LogP contribution < -0.4 is 29.8 Å². The van der Waals surface area contributed by atoms with Gasteiger partial charge in [-0.1, -0.05) is 95.2 Å². The quantitative estimate of drug-likeness (QED) is 0.306. The molecule has 4 unspecified atom stereocenters. The molecule has 0 heterocycles. The summed E-state index contributed by atoms with van der Waals surface area (Å²) in [4.78, 5) is 0. The molecule has 2 aromatic rings. The van der Waals surface area contributed by atoms with E-state index >= 15 is 0 Å². The molecule has 0 radical (unpaired) electrons. The summed E-state index contributed by atoms with van der Waals surface area (Å²) in [5, 5.41) is 0. The van der Waals surface area contributed by atoms with Crippen molar-refractivity contribution in [2.24, 2.45) is 23.7 Å². The first-order chi connectivity index (χ1) is 20.7. The van der Waals surface area contributed by atoms with Crippen molar-refractivity contribution in [2.45, 2.75) is 138 Å². The third-order valence-corrected chi connectivity index (χ3v) is 14.9. The first-order valence-corrected chi connectivity index (χ1v) is 17.8. The monoisotopic (exact) mass is 611 g/mol. The summed E-state index contributed by atoms with van der Waals surface area (Å²) in [5.41, 5.74) is 30.6. The average Bonchev–Trinajstić information content (AvgIpc) is 3.00. The van der Waals surface area contributed by atoms with Crippen molar-refractivity contribution in [1.29, 1.82) is 0 Å². The third kappa shape index (κ3) is 5.09. The SMILES string of the molecule is CC1=C(C)C(C)C(C)C([B-](C2=C(C)C(C)=C(C)C(C)C2C)(c2c(C)c(C)c(C)c(C)c2C)c2c(C)c(C)c(C)c(C)c2C)=C1C.[Li+]. The van der Waals surface area contributed by atoms with Gasteiger partial charge in [-0.25, -0.2) is 10.9 Å². The molecule has 2 heteroatoms. The van der Waals surface area contributed by atoms with Crippen LogP contribution in [0.4, 0.5) is 0 Å². The van der Waals surface area contributed by atoms with Crippen LogP contribution in [-0.4, -0.2) is 6.15 Å². The summed E-state index contributed by atoms with van der Waals surface area (Å²) in [5.74, 6) is 1.82. The molecule has 0 saturated heterocycles. The van der Waals surface area contributed by atoms with Gasteiger partial charge >= 0.3 is 18.9 Å². The maximum absolute atomic E-state index is 2.56. The van der Waals surface area contributed by atoms with Crippen LogP contribution in [0, 0.1) is 92.9 Å². The summed E-state index contributed by atoms with van der Waals surface area (Å²) in [6.45, 7) is 48.8. The largest absolute Gasteiger partial charge is 1.00 e. The van der Waals surface area contributed by atoms with Gasteiger partial charge in [-0.05, 0) is 156 Å². The normalized spacial score (nSPS) is 22.7. The Balaban J connectivity index is 0.00000576. The van der Waals surface area contributed by atoms with Gasteiger partial charge in [0, 0.05) is 0 Å². The summed E-state index contributed by atoms with van der Waals surface area (Å²) in [6.07, 6.45) is -1.51. The first-order valence-electron chi connectivity index (χ1n) is 17.8. The molecular formula is C44H64BLi. The minimum Gasteiger partial charge on any atom is -0.211 e. The third-order valence-electron chi connectivity index (χ3n) is 14.9. The van der Waals surface area contributed by atoms with E-state index in [1.54, 1.807) is 33.0 Å². The van der Waals surface area contributed by atoms with E-state index in [1.807, 2.05) is 0 Å². The summed E-state index contributed by atoms with van der Waals surface area (Å²) < 4.78 is 0. The molecule has 0 amide bonds. The zero-order valence-corrected chi connectivity index (χ0v) is 33.9. The molecule has 2 aliphatic rings. The number of rotatable bonds is 4. The van der Waals surface area contributed by atoms with Gasteiger partial charge in [0.15, 0.2) is 0 Å². The zero-order valence-electron chi connectivity index (χ0n) is 33.9. The van der Waals surface area contributed by atoms with Crippen LogP contribution >= 0.6 is 0 Å². The van der Waals surface area contributed by atoms with Crippen LogP contribution in [0.25, 0.3) is 0 Å². The van der Waals surface area contributed by atoms with Crippen LogP contribution in [0.3, 0.4) is 0 Å². The summed E-state index contributed by atoms with van der Waals surface area (Å²) in [7, 11) is 0. The van der Waals surface area contributed by atoms with E-state index in [-0.39, 0.29) is 18.9 Å². The Morgan fingerprint density at radius 1 is 0.304 bits per heavy atom. The van der Waals surface area contributed by atoms with E-state index in [4.69, 9.17) is 0 Å². The van der Waals surface area contributed by atoms with E-state index in [2.05, 4.69) is 138 Å². The maximum Gasteiger partial charge on any atom is 1.00 e. The molecule has 4 rings (SSSR count).